The molecule has 1 heterocycles. The first-order chi connectivity index (χ1) is 9.36. The van der Waals surface area contributed by atoms with Gasteiger partial charge in [-0.3, -0.25) is 9.59 Å². The van der Waals surface area contributed by atoms with Crippen LogP contribution >= 0.6 is 23.2 Å². The lowest BCUT2D eigenvalue weighted by Gasteiger charge is -2.26. The Hall–Kier alpha value is -1.33. The van der Waals surface area contributed by atoms with Crippen LogP contribution in [0.25, 0.3) is 0 Å². The molecule has 0 aliphatic carbocycles. The van der Waals surface area contributed by atoms with Crippen LogP contribution in [0.5, 0.6) is 0 Å². The first-order valence-electron chi connectivity index (χ1n) is 6.14. The second-order valence-corrected chi connectivity index (χ2v) is 5.11. The Labute approximate surface area is 127 Å². The van der Waals surface area contributed by atoms with Gasteiger partial charge in [-0.25, -0.2) is 4.98 Å². The summed E-state index contributed by atoms with van der Waals surface area (Å²) in [5, 5.41) is 0.353. The number of carbonyl (C=O) groups is 2. The molecule has 5 nitrogen and oxygen atoms in total. The van der Waals surface area contributed by atoms with Crippen molar-refractivity contribution >= 4 is 35.1 Å². The van der Waals surface area contributed by atoms with Crippen molar-refractivity contribution in [2.24, 2.45) is 0 Å². The van der Waals surface area contributed by atoms with Crippen molar-refractivity contribution in [3.05, 3.63) is 28.0 Å². The van der Waals surface area contributed by atoms with Crippen molar-refractivity contribution in [2.45, 2.75) is 26.8 Å². The lowest BCUT2D eigenvalue weighted by atomic mass is 10.2. The van der Waals surface area contributed by atoms with Gasteiger partial charge in [-0.2, -0.15) is 0 Å². The molecule has 0 unspecified atom stereocenters. The summed E-state index contributed by atoms with van der Waals surface area (Å²) >= 11 is 11.7. The molecule has 0 bridgehead atoms. The summed E-state index contributed by atoms with van der Waals surface area (Å²) in [6, 6.07) is 1.20. The summed E-state index contributed by atoms with van der Waals surface area (Å²) < 4.78 is 4.86. The predicted molar refractivity (Wildman–Crippen MR) is 77.1 cm³/mol. The van der Waals surface area contributed by atoms with Crippen LogP contribution in [0.3, 0.4) is 0 Å². The van der Waals surface area contributed by atoms with Crippen molar-refractivity contribution in [1.29, 1.82) is 0 Å². The van der Waals surface area contributed by atoms with E-state index in [9.17, 15) is 9.59 Å². The largest absolute Gasteiger partial charge is 0.465 e. The summed E-state index contributed by atoms with van der Waals surface area (Å²) in [6.45, 7) is 5.43. The molecule has 0 aromatic carbocycles. The highest BCUT2D eigenvalue weighted by molar-refractivity contribution is 6.35. The quantitative estimate of drug-likeness (QED) is 0.618. The number of nitrogens with zero attached hydrogens (tertiary/aromatic N) is 2. The zero-order valence-corrected chi connectivity index (χ0v) is 13.0. The molecule has 1 aromatic rings. The molecule has 0 atom stereocenters. The summed E-state index contributed by atoms with van der Waals surface area (Å²) in [4.78, 5) is 29.2. The average molecular weight is 319 g/mol. The molecule has 1 rings (SSSR count). The molecule has 0 fully saturated rings. The maximum atomic E-state index is 12.4. The lowest BCUT2D eigenvalue weighted by Crippen LogP contribution is -2.41. The van der Waals surface area contributed by atoms with Crippen LogP contribution in [-0.2, 0) is 9.53 Å². The molecular formula is C13H16Cl2N2O3. The Morgan fingerprint density at radius 3 is 2.60 bits per heavy atom. The Morgan fingerprint density at radius 1 is 1.40 bits per heavy atom. The summed E-state index contributed by atoms with van der Waals surface area (Å²) in [6.07, 6.45) is 1.31. The van der Waals surface area contributed by atoms with Gasteiger partial charge in [-0.05, 0) is 26.8 Å². The number of halogens is 2. The molecule has 0 N–H and O–H groups in total. The minimum atomic E-state index is -0.467. The average Bonchev–Trinajstić information content (AvgIpc) is 2.38. The molecule has 20 heavy (non-hydrogen) atoms. The lowest BCUT2D eigenvalue weighted by molar-refractivity contribution is -0.144. The van der Waals surface area contributed by atoms with Crippen LogP contribution in [-0.4, -0.2) is 41.0 Å². The summed E-state index contributed by atoms with van der Waals surface area (Å²) in [7, 11) is 0. The van der Waals surface area contributed by atoms with Gasteiger partial charge in [0, 0.05) is 12.2 Å². The Bertz CT molecular complexity index is 506. The number of hydrogen-bond donors (Lipinski definition) is 0. The molecule has 7 heteroatoms. The predicted octanol–water partition coefficient (Wildman–Crippen LogP) is 2.80. The maximum Gasteiger partial charge on any atom is 0.325 e. The fourth-order valence-electron chi connectivity index (χ4n) is 1.57. The molecule has 0 saturated carbocycles. The molecule has 0 radical (unpaired) electrons. The number of rotatable bonds is 5. The maximum absolute atomic E-state index is 12.4. The van der Waals surface area contributed by atoms with E-state index < -0.39 is 5.97 Å². The standard InChI is InChI=1S/C13H16Cl2N2O3/c1-4-20-12(18)7-17(8(2)3)13(19)9-5-11(15)16-6-10(9)14/h5-6,8H,4,7H2,1-3H3. The van der Waals surface area contributed by atoms with E-state index in [0.29, 0.717) is 0 Å². The zero-order chi connectivity index (χ0) is 15.3. The van der Waals surface area contributed by atoms with E-state index in [1.165, 1.54) is 17.2 Å². The third kappa shape index (κ3) is 4.35. The van der Waals surface area contributed by atoms with Gasteiger partial charge in [0.15, 0.2) is 0 Å². The third-order valence-electron chi connectivity index (χ3n) is 2.54. The van der Waals surface area contributed by atoms with E-state index >= 15 is 0 Å². The van der Waals surface area contributed by atoms with Crippen LogP contribution in [0.1, 0.15) is 31.1 Å². The Balaban J connectivity index is 2.99. The van der Waals surface area contributed by atoms with Gasteiger partial charge in [0.2, 0.25) is 0 Å². The van der Waals surface area contributed by atoms with E-state index in [-0.39, 0.29) is 40.8 Å². The van der Waals surface area contributed by atoms with Gasteiger partial charge >= 0.3 is 5.97 Å². The van der Waals surface area contributed by atoms with Gasteiger partial charge < -0.3 is 9.64 Å². The SMILES string of the molecule is CCOC(=O)CN(C(=O)c1cc(Cl)ncc1Cl)C(C)C. The van der Waals surface area contributed by atoms with Crippen LogP contribution in [0, 0.1) is 0 Å². The fraction of sp³-hybridized carbons (Fsp3) is 0.462. The molecule has 0 aliphatic rings. The first-order valence-corrected chi connectivity index (χ1v) is 6.90. The van der Waals surface area contributed by atoms with E-state index in [0.717, 1.165) is 0 Å². The molecular weight excluding hydrogens is 303 g/mol. The molecule has 0 spiro atoms. The highest BCUT2D eigenvalue weighted by Gasteiger charge is 2.24. The second-order valence-electron chi connectivity index (χ2n) is 4.32. The number of esters is 1. The number of amides is 1. The fourth-order valence-corrected chi connectivity index (χ4v) is 1.91. The van der Waals surface area contributed by atoms with Crippen LogP contribution in [0.2, 0.25) is 10.2 Å². The highest BCUT2D eigenvalue weighted by atomic mass is 35.5. The number of hydrogen-bond acceptors (Lipinski definition) is 4. The number of aromatic nitrogens is 1. The third-order valence-corrected chi connectivity index (χ3v) is 3.05. The van der Waals surface area contributed by atoms with Crippen LogP contribution in [0.4, 0.5) is 0 Å². The summed E-state index contributed by atoms with van der Waals surface area (Å²) in [5.41, 5.74) is 0.213. The molecule has 110 valence electrons. The molecule has 1 amide bonds. The number of carbonyl (C=O) groups excluding carboxylic acids is 2. The number of ether oxygens (including phenoxy) is 1. The van der Waals surface area contributed by atoms with Gasteiger partial charge in [0.25, 0.3) is 5.91 Å². The van der Waals surface area contributed by atoms with Crippen molar-refractivity contribution in [1.82, 2.24) is 9.88 Å². The molecule has 0 saturated heterocycles. The van der Waals surface area contributed by atoms with Crippen molar-refractivity contribution in [2.75, 3.05) is 13.2 Å². The minimum Gasteiger partial charge on any atom is -0.465 e. The monoisotopic (exact) mass is 318 g/mol. The second kappa shape index (κ2) is 7.45. The Morgan fingerprint density at radius 2 is 2.05 bits per heavy atom. The van der Waals surface area contributed by atoms with Gasteiger partial charge in [0.1, 0.15) is 11.7 Å². The van der Waals surface area contributed by atoms with E-state index in [2.05, 4.69) is 4.98 Å². The van der Waals surface area contributed by atoms with Gasteiger partial charge in [-0.1, -0.05) is 23.2 Å². The van der Waals surface area contributed by atoms with E-state index in [1.54, 1.807) is 20.8 Å². The zero-order valence-electron chi connectivity index (χ0n) is 11.5. The van der Waals surface area contributed by atoms with Crippen molar-refractivity contribution < 1.29 is 14.3 Å². The van der Waals surface area contributed by atoms with Crippen molar-refractivity contribution in [3.8, 4) is 0 Å². The van der Waals surface area contributed by atoms with E-state index in [1.807, 2.05) is 0 Å². The first kappa shape index (κ1) is 16.7. The normalized spacial score (nSPS) is 10.5. The van der Waals surface area contributed by atoms with Gasteiger partial charge in [-0.15, -0.1) is 0 Å². The van der Waals surface area contributed by atoms with Gasteiger partial charge in [0.05, 0.1) is 17.2 Å². The topological polar surface area (TPSA) is 59.5 Å². The molecule has 0 aliphatic heterocycles. The van der Waals surface area contributed by atoms with Crippen molar-refractivity contribution in [3.63, 3.8) is 0 Å². The Kier molecular flexibility index (Phi) is 6.23. The van der Waals surface area contributed by atoms with Crippen LogP contribution in [0.15, 0.2) is 12.3 Å². The highest BCUT2D eigenvalue weighted by Crippen LogP contribution is 2.20. The molecule has 1 aromatic heterocycles. The minimum absolute atomic E-state index is 0.138. The van der Waals surface area contributed by atoms with E-state index in [4.69, 9.17) is 27.9 Å². The summed E-state index contributed by atoms with van der Waals surface area (Å²) in [5.74, 6) is -0.854. The smallest absolute Gasteiger partial charge is 0.325 e. The number of pyridine rings is 1. The van der Waals surface area contributed by atoms with Crippen LogP contribution < -0.4 is 0 Å².